The minimum Gasteiger partial charge on any atom is -0.317 e. The van der Waals surface area contributed by atoms with Crippen LogP contribution in [-0.2, 0) is 10.0 Å². The molecule has 5 heteroatoms. The highest BCUT2D eigenvalue weighted by molar-refractivity contribution is 7.89. The first-order valence-corrected chi connectivity index (χ1v) is 9.39. The Kier molecular flexibility index (Phi) is 7.95. The van der Waals surface area contributed by atoms with E-state index in [9.17, 15) is 8.42 Å². The molecule has 0 amide bonds. The van der Waals surface area contributed by atoms with Crippen molar-refractivity contribution in [1.82, 2.24) is 10.0 Å². The summed E-state index contributed by atoms with van der Waals surface area (Å²) in [6.07, 6.45) is 7.69. The Morgan fingerprint density at radius 2 is 1.89 bits per heavy atom. The molecule has 0 spiro atoms. The minimum absolute atomic E-state index is 0.0728. The Labute approximate surface area is 118 Å². The highest BCUT2D eigenvalue weighted by atomic mass is 32.2. The molecular formula is C14H30N2O2S. The number of hydrogen-bond acceptors (Lipinski definition) is 3. The Balaban J connectivity index is 2.24. The molecule has 1 unspecified atom stereocenters. The van der Waals surface area contributed by atoms with E-state index in [2.05, 4.69) is 17.0 Å². The second-order valence-corrected chi connectivity index (χ2v) is 7.64. The summed E-state index contributed by atoms with van der Waals surface area (Å²) in [7, 11) is -3.10. The van der Waals surface area contributed by atoms with Gasteiger partial charge in [0.2, 0.25) is 10.0 Å². The van der Waals surface area contributed by atoms with Gasteiger partial charge in [0.05, 0.1) is 5.75 Å². The predicted molar refractivity (Wildman–Crippen MR) is 80.7 cm³/mol. The molecule has 4 nitrogen and oxygen atoms in total. The summed E-state index contributed by atoms with van der Waals surface area (Å²) in [5, 5.41) is 3.27. The van der Waals surface area contributed by atoms with Crippen LogP contribution in [0.1, 0.15) is 58.8 Å². The van der Waals surface area contributed by atoms with E-state index in [1.807, 2.05) is 6.92 Å². The highest BCUT2D eigenvalue weighted by Gasteiger charge is 2.22. The molecule has 0 bridgehead atoms. The Hall–Kier alpha value is -0.130. The van der Waals surface area contributed by atoms with E-state index in [-0.39, 0.29) is 6.04 Å². The predicted octanol–water partition coefficient (Wildman–Crippen LogP) is 2.26. The van der Waals surface area contributed by atoms with Crippen molar-refractivity contribution < 1.29 is 8.42 Å². The van der Waals surface area contributed by atoms with Crippen LogP contribution < -0.4 is 10.0 Å². The lowest BCUT2D eigenvalue weighted by Gasteiger charge is -2.23. The standard InChI is InChI=1S/C14H30N2O2S/c1-3-4-5-6-7-13(2)16-19(17,18)12-14-8-10-15-11-9-14/h13-16H,3-12H2,1-2H3. The molecule has 0 aromatic rings. The second kappa shape index (κ2) is 8.93. The van der Waals surface area contributed by atoms with Gasteiger partial charge in [0, 0.05) is 6.04 Å². The molecule has 1 aliphatic heterocycles. The van der Waals surface area contributed by atoms with Crippen LogP contribution in [-0.4, -0.2) is 33.3 Å². The van der Waals surface area contributed by atoms with Crippen molar-refractivity contribution in [3.8, 4) is 0 Å². The zero-order valence-corrected chi connectivity index (χ0v) is 13.3. The van der Waals surface area contributed by atoms with E-state index in [0.29, 0.717) is 11.7 Å². The van der Waals surface area contributed by atoms with Crippen molar-refractivity contribution >= 4 is 10.0 Å². The lowest BCUT2D eigenvalue weighted by Crippen LogP contribution is -2.39. The summed E-state index contributed by atoms with van der Waals surface area (Å²) in [6, 6.07) is 0.0728. The van der Waals surface area contributed by atoms with Gasteiger partial charge in [0.15, 0.2) is 0 Å². The molecule has 19 heavy (non-hydrogen) atoms. The van der Waals surface area contributed by atoms with Crippen LogP contribution in [0.15, 0.2) is 0 Å². The molecule has 0 aromatic carbocycles. The number of hydrogen-bond donors (Lipinski definition) is 2. The van der Waals surface area contributed by atoms with Crippen LogP contribution >= 0.6 is 0 Å². The minimum atomic E-state index is -3.10. The third-order valence-corrected chi connectivity index (χ3v) is 5.46. The Bertz CT molecular complexity index is 324. The summed E-state index contributed by atoms with van der Waals surface area (Å²) in [5.41, 5.74) is 0. The SMILES string of the molecule is CCCCCCC(C)NS(=O)(=O)CC1CCNCC1. The molecule has 1 atom stereocenters. The third kappa shape index (κ3) is 7.90. The van der Waals surface area contributed by atoms with Crippen LogP contribution in [0.25, 0.3) is 0 Å². The van der Waals surface area contributed by atoms with Gasteiger partial charge in [-0.2, -0.15) is 0 Å². The molecule has 2 N–H and O–H groups in total. The van der Waals surface area contributed by atoms with Gasteiger partial charge in [-0.15, -0.1) is 0 Å². The van der Waals surface area contributed by atoms with Gasteiger partial charge < -0.3 is 5.32 Å². The van der Waals surface area contributed by atoms with Crippen molar-refractivity contribution in [1.29, 1.82) is 0 Å². The summed E-state index contributed by atoms with van der Waals surface area (Å²) >= 11 is 0. The van der Waals surface area contributed by atoms with E-state index < -0.39 is 10.0 Å². The van der Waals surface area contributed by atoms with E-state index in [1.165, 1.54) is 19.3 Å². The number of sulfonamides is 1. The maximum atomic E-state index is 12.1. The number of nitrogens with one attached hydrogen (secondary N) is 2. The number of piperidine rings is 1. The van der Waals surface area contributed by atoms with Crippen LogP contribution in [0.5, 0.6) is 0 Å². The van der Waals surface area contributed by atoms with Crippen molar-refractivity contribution in [2.24, 2.45) is 5.92 Å². The molecule has 1 saturated heterocycles. The first-order valence-electron chi connectivity index (χ1n) is 7.74. The van der Waals surface area contributed by atoms with Gasteiger partial charge in [-0.05, 0) is 45.2 Å². The van der Waals surface area contributed by atoms with Gasteiger partial charge in [-0.3, -0.25) is 0 Å². The number of rotatable bonds is 9. The average Bonchev–Trinajstić information content (AvgIpc) is 2.34. The quantitative estimate of drug-likeness (QED) is 0.640. The highest BCUT2D eigenvalue weighted by Crippen LogP contribution is 2.14. The lowest BCUT2D eigenvalue weighted by molar-refractivity contribution is 0.398. The first kappa shape index (κ1) is 16.9. The molecule has 114 valence electrons. The van der Waals surface area contributed by atoms with Crippen LogP contribution in [0, 0.1) is 5.92 Å². The Morgan fingerprint density at radius 1 is 1.21 bits per heavy atom. The summed E-state index contributed by atoms with van der Waals surface area (Å²) in [6.45, 7) is 6.07. The van der Waals surface area contributed by atoms with E-state index in [4.69, 9.17) is 0 Å². The van der Waals surface area contributed by atoms with Crippen molar-refractivity contribution in [3.63, 3.8) is 0 Å². The van der Waals surface area contributed by atoms with Gasteiger partial charge in [0.1, 0.15) is 0 Å². The second-order valence-electron chi connectivity index (χ2n) is 5.84. The van der Waals surface area contributed by atoms with E-state index in [1.54, 1.807) is 0 Å². The molecule has 1 heterocycles. The lowest BCUT2D eigenvalue weighted by atomic mass is 10.0. The van der Waals surface area contributed by atoms with Crippen molar-refractivity contribution in [2.75, 3.05) is 18.8 Å². The summed E-state index contributed by atoms with van der Waals surface area (Å²) in [4.78, 5) is 0. The molecule has 1 aliphatic rings. The molecule has 0 aromatic heterocycles. The van der Waals surface area contributed by atoms with Crippen LogP contribution in [0.4, 0.5) is 0 Å². The van der Waals surface area contributed by atoms with Crippen molar-refractivity contribution in [2.45, 2.75) is 64.8 Å². The smallest absolute Gasteiger partial charge is 0.212 e. The van der Waals surface area contributed by atoms with Gasteiger partial charge in [-0.1, -0.05) is 32.6 Å². The van der Waals surface area contributed by atoms with Crippen LogP contribution in [0.3, 0.4) is 0 Å². The van der Waals surface area contributed by atoms with Gasteiger partial charge >= 0.3 is 0 Å². The molecule has 0 aliphatic carbocycles. The van der Waals surface area contributed by atoms with Gasteiger partial charge in [0.25, 0.3) is 0 Å². The Morgan fingerprint density at radius 3 is 2.53 bits per heavy atom. The van der Waals surface area contributed by atoms with Crippen LogP contribution in [0.2, 0.25) is 0 Å². The molecule has 0 saturated carbocycles. The summed E-state index contributed by atoms with van der Waals surface area (Å²) < 4.78 is 27.0. The third-order valence-electron chi connectivity index (χ3n) is 3.79. The van der Waals surface area contributed by atoms with Gasteiger partial charge in [-0.25, -0.2) is 13.1 Å². The molecule has 1 fully saturated rings. The zero-order valence-electron chi connectivity index (χ0n) is 12.5. The maximum Gasteiger partial charge on any atom is 0.212 e. The van der Waals surface area contributed by atoms with E-state index in [0.717, 1.165) is 38.8 Å². The van der Waals surface area contributed by atoms with Crippen molar-refractivity contribution in [3.05, 3.63) is 0 Å². The molecule has 1 rings (SSSR count). The molecule has 0 radical (unpaired) electrons. The topological polar surface area (TPSA) is 58.2 Å². The first-order chi connectivity index (χ1) is 9.03. The zero-order chi connectivity index (χ0) is 14.1. The fourth-order valence-electron chi connectivity index (χ4n) is 2.65. The summed E-state index contributed by atoms with van der Waals surface area (Å²) in [5.74, 6) is 0.625. The monoisotopic (exact) mass is 290 g/mol. The molecular weight excluding hydrogens is 260 g/mol. The largest absolute Gasteiger partial charge is 0.317 e. The number of unbranched alkanes of at least 4 members (excludes halogenated alkanes) is 3. The normalized spacial score (nSPS) is 19.5. The maximum absolute atomic E-state index is 12.1. The fraction of sp³-hybridized carbons (Fsp3) is 1.00. The average molecular weight is 290 g/mol. The van der Waals surface area contributed by atoms with E-state index >= 15 is 0 Å². The fourth-order valence-corrected chi connectivity index (χ4v) is 4.43.